The van der Waals surface area contributed by atoms with Crippen LogP contribution in [0, 0.1) is 18.8 Å². The van der Waals surface area contributed by atoms with Gasteiger partial charge in [-0.3, -0.25) is 4.72 Å². The molecule has 7 nitrogen and oxygen atoms in total. The normalized spacial score (nSPS) is 15.4. The summed E-state index contributed by atoms with van der Waals surface area (Å²) in [6.45, 7) is 5.11. The number of aromatic nitrogens is 1. The van der Waals surface area contributed by atoms with Gasteiger partial charge in [0.1, 0.15) is 16.4 Å². The van der Waals surface area contributed by atoms with Crippen molar-refractivity contribution in [3.05, 3.63) is 47.1 Å². The van der Waals surface area contributed by atoms with Crippen molar-refractivity contribution in [1.29, 1.82) is 0 Å². The number of aryl methyl sites for hydroxylation is 1. The van der Waals surface area contributed by atoms with E-state index in [1.54, 1.807) is 12.1 Å². The summed E-state index contributed by atoms with van der Waals surface area (Å²) in [5.41, 5.74) is 1.81. The van der Waals surface area contributed by atoms with Gasteiger partial charge in [-0.25, -0.2) is 13.4 Å². The van der Waals surface area contributed by atoms with Crippen molar-refractivity contribution in [1.82, 2.24) is 4.98 Å². The quantitative estimate of drug-likeness (QED) is 0.251. The van der Waals surface area contributed by atoms with Gasteiger partial charge in [-0.15, -0.1) is 0 Å². The smallest absolute Gasteiger partial charge is 0.265 e. The third kappa shape index (κ3) is 6.07. The second-order valence-electron chi connectivity index (χ2n) is 9.33. The predicted molar refractivity (Wildman–Crippen MR) is 147 cm³/mol. The molecule has 0 unspecified atom stereocenters. The number of anilines is 2. The summed E-state index contributed by atoms with van der Waals surface area (Å²) in [7, 11) is -2.57. The average Bonchev–Trinajstić information content (AvgIpc) is 3.25. The molecule has 36 heavy (non-hydrogen) atoms. The van der Waals surface area contributed by atoms with Crippen molar-refractivity contribution in [2.24, 2.45) is 11.8 Å². The molecule has 1 aromatic heterocycles. The van der Waals surface area contributed by atoms with Crippen molar-refractivity contribution in [2.45, 2.75) is 50.8 Å². The van der Waals surface area contributed by atoms with Gasteiger partial charge in [0.25, 0.3) is 10.0 Å². The highest BCUT2D eigenvalue weighted by Gasteiger charge is 2.23. The fourth-order valence-corrected chi connectivity index (χ4v) is 7.06. The molecule has 2 aromatic carbocycles. The van der Waals surface area contributed by atoms with Crippen LogP contribution in [0.1, 0.15) is 44.7 Å². The maximum absolute atomic E-state index is 13.3. The minimum Gasteiger partial charge on any atom is -0.506 e. The van der Waals surface area contributed by atoms with E-state index in [9.17, 15) is 13.5 Å². The largest absolute Gasteiger partial charge is 0.506 e. The number of hydrogen-bond acceptors (Lipinski definition) is 7. The summed E-state index contributed by atoms with van der Waals surface area (Å²) in [4.78, 5) is 5.59. The highest BCUT2D eigenvalue weighted by Crippen LogP contribution is 2.38. The summed E-state index contributed by atoms with van der Waals surface area (Å²) in [6.07, 6.45) is 6.61. The molecule has 0 spiro atoms. The number of thiazole rings is 1. The van der Waals surface area contributed by atoms with E-state index in [0.29, 0.717) is 5.92 Å². The number of nitrogens with one attached hydrogen (secondary N) is 2. The molecule has 1 aliphatic carbocycles. The summed E-state index contributed by atoms with van der Waals surface area (Å²) in [5.74, 6) is 1.43. The van der Waals surface area contributed by atoms with Gasteiger partial charge in [0.2, 0.25) is 0 Å². The van der Waals surface area contributed by atoms with Crippen LogP contribution in [0.2, 0.25) is 5.02 Å². The summed E-state index contributed by atoms with van der Waals surface area (Å²) < 4.78 is 34.4. The standard InChI is InChI=1S/C26H32ClN3O4S2/c1-16(18-7-5-4-6-8-18)15-28-26-29-17(2)25(35-26)19-9-12-23(34-3)24(13-19)36(32,33)30-20-10-11-22(31)21(27)14-20/h9-14,16,18,30-31H,4-8,15H2,1-3H3,(H,28,29)/t16-/m0/s1. The highest BCUT2D eigenvalue weighted by atomic mass is 35.5. The Morgan fingerprint density at radius 3 is 2.64 bits per heavy atom. The van der Waals surface area contributed by atoms with E-state index in [1.165, 1.54) is 68.7 Å². The second kappa shape index (κ2) is 11.3. The van der Waals surface area contributed by atoms with Gasteiger partial charge in [0, 0.05) is 6.54 Å². The zero-order valence-electron chi connectivity index (χ0n) is 20.7. The molecule has 0 aliphatic heterocycles. The number of benzene rings is 2. The molecule has 194 valence electrons. The van der Waals surface area contributed by atoms with E-state index in [4.69, 9.17) is 21.3 Å². The molecule has 1 aliphatic rings. The van der Waals surface area contributed by atoms with Crippen molar-refractivity contribution >= 4 is 43.8 Å². The van der Waals surface area contributed by atoms with E-state index >= 15 is 0 Å². The summed E-state index contributed by atoms with van der Waals surface area (Å²) in [5, 5.41) is 14.0. The Morgan fingerprint density at radius 2 is 1.94 bits per heavy atom. The van der Waals surface area contributed by atoms with Gasteiger partial charge in [0.05, 0.1) is 28.4 Å². The molecule has 3 N–H and O–H groups in total. The van der Waals surface area contributed by atoms with Gasteiger partial charge in [-0.2, -0.15) is 0 Å². The van der Waals surface area contributed by atoms with Crippen LogP contribution in [0.25, 0.3) is 10.4 Å². The van der Waals surface area contributed by atoms with Crippen LogP contribution in [0.3, 0.4) is 0 Å². The molecule has 4 rings (SSSR count). The predicted octanol–water partition coefficient (Wildman–Crippen LogP) is 6.92. The Hall–Kier alpha value is -2.49. The lowest BCUT2D eigenvalue weighted by Crippen LogP contribution is -2.22. The molecular weight excluding hydrogens is 518 g/mol. The number of sulfonamides is 1. The lowest BCUT2D eigenvalue weighted by molar-refractivity contribution is 0.273. The van der Waals surface area contributed by atoms with Crippen LogP contribution >= 0.6 is 22.9 Å². The average molecular weight is 550 g/mol. The van der Waals surface area contributed by atoms with Gasteiger partial charge in [-0.1, -0.05) is 62.0 Å². The Balaban J connectivity index is 1.55. The number of halogens is 1. The molecule has 1 fully saturated rings. The molecule has 0 saturated heterocycles. The van der Waals surface area contributed by atoms with Crippen molar-refractivity contribution in [3.8, 4) is 21.9 Å². The minimum absolute atomic E-state index is 0.0000673. The van der Waals surface area contributed by atoms with Gasteiger partial charge >= 0.3 is 0 Å². The highest BCUT2D eigenvalue weighted by molar-refractivity contribution is 7.92. The molecule has 0 amide bonds. The number of hydrogen-bond donors (Lipinski definition) is 3. The molecule has 1 heterocycles. The van der Waals surface area contributed by atoms with Crippen molar-refractivity contribution in [3.63, 3.8) is 0 Å². The maximum Gasteiger partial charge on any atom is 0.265 e. The maximum atomic E-state index is 13.3. The number of methoxy groups -OCH3 is 1. The molecule has 0 radical (unpaired) electrons. The zero-order valence-corrected chi connectivity index (χ0v) is 23.1. The number of phenols is 1. The fraction of sp³-hybridized carbons (Fsp3) is 0.423. The number of nitrogens with zero attached hydrogens (tertiary/aromatic N) is 1. The topological polar surface area (TPSA) is 101 Å². The number of aromatic hydroxyl groups is 1. The van der Waals surface area contributed by atoms with Crippen LogP contribution in [-0.4, -0.2) is 32.2 Å². The first kappa shape index (κ1) is 26.6. The van der Waals surface area contributed by atoms with Crippen molar-refractivity contribution in [2.75, 3.05) is 23.7 Å². The SMILES string of the molecule is COc1ccc(-c2sc(NC[C@H](C)C3CCCCC3)nc2C)cc1S(=O)(=O)Nc1ccc(O)c(Cl)c1. The minimum atomic E-state index is -4.00. The van der Waals surface area contributed by atoms with Gasteiger partial charge in [0.15, 0.2) is 5.13 Å². The molecule has 1 saturated carbocycles. The zero-order chi connectivity index (χ0) is 25.9. The summed E-state index contributed by atoms with van der Waals surface area (Å²) >= 11 is 7.46. The molecule has 0 bridgehead atoms. The van der Waals surface area contributed by atoms with Gasteiger partial charge in [-0.05, 0) is 60.7 Å². The lowest BCUT2D eigenvalue weighted by atomic mass is 9.81. The molecule has 3 aromatic rings. The van der Waals surface area contributed by atoms with Gasteiger partial charge < -0.3 is 15.2 Å². The fourth-order valence-electron chi connectivity index (χ4n) is 4.67. The Morgan fingerprint density at radius 1 is 1.19 bits per heavy atom. The lowest BCUT2D eigenvalue weighted by Gasteiger charge is -2.27. The van der Waals surface area contributed by atoms with Crippen LogP contribution in [-0.2, 0) is 10.0 Å². The number of rotatable bonds is 9. The molecular formula is C26H32ClN3O4S2. The van der Waals surface area contributed by atoms with E-state index in [-0.39, 0.29) is 27.1 Å². The van der Waals surface area contributed by atoms with E-state index < -0.39 is 10.0 Å². The molecule has 10 heteroatoms. The number of ether oxygens (including phenoxy) is 1. The Bertz CT molecular complexity index is 1320. The first-order valence-corrected chi connectivity index (χ1v) is 14.8. The van der Waals surface area contributed by atoms with E-state index in [2.05, 4.69) is 17.0 Å². The third-order valence-electron chi connectivity index (χ3n) is 6.74. The van der Waals surface area contributed by atoms with E-state index in [1.807, 2.05) is 13.0 Å². The van der Waals surface area contributed by atoms with Crippen LogP contribution in [0.5, 0.6) is 11.5 Å². The summed E-state index contributed by atoms with van der Waals surface area (Å²) in [6, 6.07) is 9.20. The Kier molecular flexibility index (Phi) is 8.32. The second-order valence-corrected chi connectivity index (χ2v) is 12.4. The monoisotopic (exact) mass is 549 g/mol. The number of phenolic OH excluding ortho intramolecular Hbond substituents is 1. The third-order valence-corrected chi connectivity index (χ3v) is 9.61. The van der Waals surface area contributed by atoms with Crippen molar-refractivity contribution < 1.29 is 18.3 Å². The van der Waals surface area contributed by atoms with E-state index in [0.717, 1.165) is 33.7 Å². The van der Waals surface area contributed by atoms with Crippen LogP contribution < -0.4 is 14.8 Å². The van der Waals surface area contributed by atoms with Crippen LogP contribution in [0.15, 0.2) is 41.3 Å². The Labute approximate surface area is 221 Å². The van der Waals surface area contributed by atoms with Crippen LogP contribution in [0.4, 0.5) is 10.8 Å². The molecule has 1 atom stereocenters. The first-order chi connectivity index (χ1) is 17.2. The first-order valence-electron chi connectivity index (χ1n) is 12.1.